The molecule has 0 spiro atoms. The van der Waals surface area contributed by atoms with Crippen LogP contribution in [0.4, 0.5) is 0 Å². The first-order valence-electron chi connectivity index (χ1n) is 7.93. The van der Waals surface area contributed by atoms with E-state index in [9.17, 15) is 4.79 Å². The highest BCUT2D eigenvalue weighted by molar-refractivity contribution is 5.85. The Morgan fingerprint density at radius 1 is 1.13 bits per heavy atom. The predicted molar refractivity (Wildman–Crippen MR) is 94.3 cm³/mol. The SMILES string of the molecule is Cl.Cl.NC1(C(=O)O[C@H]2CN3CCC2CC3)Cc2ccccc2C1. The molecular weight excluding hydrogens is 335 g/mol. The van der Waals surface area contributed by atoms with Crippen molar-refractivity contribution in [2.75, 3.05) is 19.6 Å². The molecular formula is C17H24Cl2N2O2. The molecule has 3 aliphatic heterocycles. The molecule has 3 fully saturated rings. The van der Waals surface area contributed by atoms with E-state index in [1.807, 2.05) is 12.1 Å². The number of ether oxygens (including phenoxy) is 1. The molecule has 4 nitrogen and oxygen atoms in total. The third-order valence-corrected chi connectivity index (χ3v) is 5.39. The van der Waals surface area contributed by atoms with Crippen LogP contribution in [-0.4, -0.2) is 42.1 Å². The molecule has 0 unspecified atom stereocenters. The zero-order valence-corrected chi connectivity index (χ0v) is 14.7. The molecule has 1 aromatic carbocycles. The van der Waals surface area contributed by atoms with Crippen LogP contribution in [0.3, 0.4) is 0 Å². The van der Waals surface area contributed by atoms with Crippen LogP contribution in [0, 0.1) is 5.92 Å². The Morgan fingerprint density at radius 3 is 2.17 bits per heavy atom. The number of hydrogen-bond acceptors (Lipinski definition) is 4. The van der Waals surface area contributed by atoms with Crippen LogP contribution < -0.4 is 5.73 Å². The summed E-state index contributed by atoms with van der Waals surface area (Å²) in [7, 11) is 0. The van der Waals surface area contributed by atoms with Gasteiger partial charge in [-0.25, -0.2) is 0 Å². The molecule has 4 aliphatic rings. The Labute approximate surface area is 149 Å². The van der Waals surface area contributed by atoms with Crippen LogP contribution in [0.1, 0.15) is 24.0 Å². The number of nitrogens with zero attached hydrogens (tertiary/aromatic N) is 1. The summed E-state index contributed by atoms with van der Waals surface area (Å²) in [6, 6.07) is 8.13. The molecule has 5 rings (SSSR count). The van der Waals surface area contributed by atoms with Crippen molar-refractivity contribution >= 4 is 30.8 Å². The minimum atomic E-state index is -0.865. The topological polar surface area (TPSA) is 55.6 Å². The summed E-state index contributed by atoms with van der Waals surface area (Å²) in [5, 5.41) is 0. The van der Waals surface area contributed by atoms with Crippen molar-refractivity contribution < 1.29 is 9.53 Å². The highest BCUT2D eigenvalue weighted by atomic mass is 35.5. The average molecular weight is 359 g/mol. The second-order valence-electron chi connectivity index (χ2n) is 6.86. The molecule has 1 atom stereocenters. The quantitative estimate of drug-likeness (QED) is 0.821. The Kier molecular flexibility index (Phi) is 5.62. The number of halogens is 2. The van der Waals surface area contributed by atoms with E-state index in [1.165, 1.54) is 11.1 Å². The molecule has 0 radical (unpaired) electrons. The van der Waals surface area contributed by atoms with Crippen molar-refractivity contribution in [3.63, 3.8) is 0 Å². The van der Waals surface area contributed by atoms with Gasteiger partial charge >= 0.3 is 5.97 Å². The van der Waals surface area contributed by atoms with Crippen LogP contribution in [0.5, 0.6) is 0 Å². The van der Waals surface area contributed by atoms with Crippen LogP contribution in [0.15, 0.2) is 24.3 Å². The third kappa shape index (κ3) is 3.36. The zero-order valence-electron chi connectivity index (χ0n) is 13.1. The number of piperidine rings is 3. The molecule has 1 aliphatic carbocycles. The number of fused-ring (bicyclic) bond motifs is 4. The fourth-order valence-corrected chi connectivity index (χ4v) is 4.09. The molecule has 0 aromatic heterocycles. The number of benzene rings is 1. The maximum atomic E-state index is 12.6. The van der Waals surface area contributed by atoms with Crippen LogP contribution >= 0.6 is 24.8 Å². The first-order valence-corrected chi connectivity index (χ1v) is 7.93. The van der Waals surface area contributed by atoms with Crippen LogP contribution in [0.2, 0.25) is 0 Å². The molecule has 3 heterocycles. The smallest absolute Gasteiger partial charge is 0.327 e. The summed E-state index contributed by atoms with van der Waals surface area (Å²) in [4.78, 5) is 15.0. The van der Waals surface area contributed by atoms with E-state index < -0.39 is 5.54 Å². The Hall–Kier alpha value is -0.810. The molecule has 2 N–H and O–H groups in total. The van der Waals surface area contributed by atoms with Gasteiger partial charge in [0.05, 0.1) is 0 Å². The number of nitrogens with two attached hydrogens (primary N) is 1. The first-order chi connectivity index (χ1) is 10.1. The van der Waals surface area contributed by atoms with Crippen molar-refractivity contribution in [1.29, 1.82) is 0 Å². The van der Waals surface area contributed by atoms with E-state index in [0.717, 1.165) is 32.5 Å². The van der Waals surface area contributed by atoms with Gasteiger partial charge < -0.3 is 10.5 Å². The second kappa shape index (κ2) is 6.98. The van der Waals surface area contributed by atoms with Gasteiger partial charge in [0.2, 0.25) is 0 Å². The van der Waals surface area contributed by atoms with E-state index in [2.05, 4.69) is 17.0 Å². The van der Waals surface area contributed by atoms with Crippen molar-refractivity contribution in [2.24, 2.45) is 11.7 Å². The zero-order chi connectivity index (χ0) is 14.4. The first kappa shape index (κ1) is 18.5. The summed E-state index contributed by atoms with van der Waals surface area (Å²) >= 11 is 0. The Morgan fingerprint density at radius 2 is 1.70 bits per heavy atom. The van der Waals surface area contributed by atoms with Gasteiger partial charge in [0.1, 0.15) is 11.6 Å². The normalized spacial score (nSPS) is 29.9. The van der Waals surface area contributed by atoms with E-state index in [4.69, 9.17) is 10.5 Å². The lowest BCUT2D eigenvalue weighted by Crippen LogP contribution is -2.56. The highest BCUT2D eigenvalue weighted by Gasteiger charge is 2.44. The highest BCUT2D eigenvalue weighted by Crippen LogP contribution is 2.33. The van der Waals surface area contributed by atoms with Crippen molar-refractivity contribution in [2.45, 2.75) is 37.3 Å². The lowest BCUT2D eigenvalue weighted by molar-refractivity contribution is -0.165. The molecule has 6 heteroatoms. The fourth-order valence-electron chi connectivity index (χ4n) is 4.09. The standard InChI is InChI=1S/C17H22N2O2.2ClH/c18-17(9-13-3-1-2-4-14(13)10-17)16(20)21-15-11-19-7-5-12(15)6-8-19;;/h1-4,12,15H,5-11,18H2;2*1H/t15-;;/m0../s1. The van der Waals surface area contributed by atoms with Crippen LogP contribution in [0.25, 0.3) is 0 Å². The molecule has 23 heavy (non-hydrogen) atoms. The van der Waals surface area contributed by atoms with Gasteiger partial charge in [0.25, 0.3) is 0 Å². The summed E-state index contributed by atoms with van der Waals surface area (Å²) in [5.41, 5.74) is 7.89. The predicted octanol–water partition coefficient (Wildman–Crippen LogP) is 1.96. The maximum absolute atomic E-state index is 12.6. The molecule has 0 amide bonds. The van der Waals surface area contributed by atoms with Gasteiger partial charge in [-0.1, -0.05) is 24.3 Å². The number of carbonyl (C=O) groups excluding carboxylic acids is 1. The second-order valence-corrected chi connectivity index (χ2v) is 6.86. The average Bonchev–Trinajstić information content (AvgIpc) is 2.86. The van der Waals surface area contributed by atoms with Gasteiger partial charge in [0, 0.05) is 19.4 Å². The van der Waals surface area contributed by atoms with E-state index in [-0.39, 0.29) is 36.9 Å². The lowest BCUT2D eigenvalue weighted by atomic mass is 9.85. The van der Waals surface area contributed by atoms with E-state index in [0.29, 0.717) is 18.8 Å². The van der Waals surface area contributed by atoms with Gasteiger partial charge in [-0.2, -0.15) is 0 Å². The monoisotopic (exact) mass is 358 g/mol. The van der Waals surface area contributed by atoms with Crippen LogP contribution in [-0.2, 0) is 22.4 Å². The fraction of sp³-hybridized carbons (Fsp3) is 0.588. The van der Waals surface area contributed by atoms with E-state index >= 15 is 0 Å². The lowest BCUT2D eigenvalue weighted by Gasteiger charge is -2.44. The van der Waals surface area contributed by atoms with Gasteiger partial charge in [-0.05, 0) is 43.0 Å². The number of carbonyl (C=O) groups is 1. The van der Waals surface area contributed by atoms with Gasteiger partial charge in [-0.3, -0.25) is 9.69 Å². The summed E-state index contributed by atoms with van der Waals surface area (Å²) in [6.45, 7) is 3.19. The minimum Gasteiger partial charge on any atom is -0.459 e. The Bertz CT molecular complexity index is 548. The third-order valence-electron chi connectivity index (χ3n) is 5.39. The van der Waals surface area contributed by atoms with Gasteiger partial charge in [-0.15, -0.1) is 24.8 Å². The number of hydrogen-bond donors (Lipinski definition) is 1. The largest absolute Gasteiger partial charge is 0.459 e. The maximum Gasteiger partial charge on any atom is 0.327 e. The molecule has 1 aromatic rings. The summed E-state index contributed by atoms with van der Waals surface area (Å²) in [6.07, 6.45) is 3.54. The number of rotatable bonds is 2. The Balaban J connectivity index is 0.000000960. The van der Waals surface area contributed by atoms with E-state index in [1.54, 1.807) is 0 Å². The minimum absolute atomic E-state index is 0. The summed E-state index contributed by atoms with van der Waals surface area (Å²) in [5.74, 6) is 0.323. The molecule has 2 bridgehead atoms. The van der Waals surface area contributed by atoms with Crippen molar-refractivity contribution in [3.05, 3.63) is 35.4 Å². The van der Waals surface area contributed by atoms with Crippen molar-refractivity contribution in [3.8, 4) is 0 Å². The molecule has 0 saturated carbocycles. The summed E-state index contributed by atoms with van der Waals surface area (Å²) < 4.78 is 5.84. The van der Waals surface area contributed by atoms with Crippen molar-refractivity contribution in [1.82, 2.24) is 4.90 Å². The van der Waals surface area contributed by atoms with Gasteiger partial charge in [0.15, 0.2) is 0 Å². The molecule has 3 saturated heterocycles. The number of esters is 1. The molecule has 128 valence electrons.